The molecule has 1 atom stereocenters. The highest BCUT2D eigenvalue weighted by Gasteiger charge is 2.26. The summed E-state index contributed by atoms with van der Waals surface area (Å²) in [4.78, 5) is 0. The maximum atomic E-state index is 10.4. The zero-order valence-corrected chi connectivity index (χ0v) is 8.88. The zero-order valence-electron chi connectivity index (χ0n) is 8.88. The quantitative estimate of drug-likeness (QED) is 0.804. The van der Waals surface area contributed by atoms with Gasteiger partial charge in [-0.3, -0.25) is 4.68 Å². The van der Waals surface area contributed by atoms with E-state index >= 15 is 0 Å². The van der Waals surface area contributed by atoms with Crippen molar-refractivity contribution in [1.29, 1.82) is 0 Å². The number of aliphatic hydroxyl groups is 1. The van der Waals surface area contributed by atoms with E-state index in [1.54, 1.807) is 17.8 Å². The molecule has 1 aromatic carbocycles. The van der Waals surface area contributed by atoms with E-state index in [0.717, 1.165) is 11.1 Å². The summed E-state index contributed by atoms with van der Waals surface area (Å²) in [5, 5.41) is 14.5. The van der Waals surface area contributed by atoms with Crippen LogP contribution in [-0.2, 0) is 12.6 Å². The molecule has 1 unspecified atom stereocenters. The van der Waals surface area contributed by atoms with Gasteiger partial charge in [0, 0.05) is 18.8 Å². The number of hydrogen-bond acceptors (Lipinski definition) is 2. The van der Waals surface area contributed by atoms with Gasteiger partial charge in [0.1, 0.15) is 5.60 Å². The molecular formula is C12H14N2O. The second-order valence-electron chi connectivity index (χ2n) is 3.84. The van der Waals surface area contributed by atoms with E-state index in [9.17, 15) is 5.11 Å². The van der Waals surface area contributed by atoms with Crippen LogP contribution in [0.25, 0.3) is 0 Å². The Morgan fingerprint density at radius 3 is 2.40 bits per heavy atom. The van der Waals surface area contributed by atoms with Gasteiger partial charge in [0.2, 0.25) is 0 Å². The monoisotopic (exact) mass is 202 g/mol. The second-order valence-corrected chi connectivity index (χ2v) is 3.84. The van der Waals surface area contributed by atoms with Gasteiger partial charge in [0.15, 0.2) is 0 Å². The second kappa shape index (κ2) is 3.51. The summed E-state index contributed by atoms with van der Waals surface area (Å²) < 4.78 is 1.69. The third kappa shape index (κ3) is 1.78. The van der Waals surface area contributed by atoms with Crippen molar-refractivity contribution in [3.8, 4) is 0 Å². The van der Waals surface area contributed by atoms with Crippen LogP contribution in [0.2, 0.25) is 0 Å². The van der Waals surface area contributed by atoms with Crippen LogP contribution in [-0.4, -0.2) is 14.9 Å². The Bertz CT molecular complexity index is 446. The van der Waals surface area contributed by atoms with Crippen LogP contribution in [0.3, 0.4) is 0 Å². The first kappa shape index (κ1) is 9.93. The lowest BCUT2D eigenvalue weighted by Crippen LogP contribution is -2.21. The van der Waals surface area contributed by atoms with Gasteiger partial charge in [0.25, 0.3) is 0 Å². The number of benzene rings is 1. The van der Waals surface area contributed by atoms with Crippen LogP contribution in [0.1, 0.15) is 18.1 Å². The van der Waals surface area contributed by atoms with E-state index in [4.69, 9.17) is 0 Å². The summed E-state index contributed by atoms with van der Waals surface area (Å²) in [7, 11) is 1.84. The van der Waals surface area contributed by atoms with Crippen molar-refractivity contribution in [3.63, 3.8) is 0 Å². The molecular weight excluding hydrogens is 188 g/mol. The van der Waals surface area contributed by atoms with E-state index in [0.29, 0.717) is 0 Å². The number of aromatic nitrogens is 2. The van der Waals surface area contributed by atoms with Crippen LogP contribution in [0.15, 0.2) is 42.7 Å². The maximum absolute atomic E-state index is 10.4. The summed E-state index contributed by atoms with van der Waals surface area (Å²) in [5.74, 6) is 0. The Hall–Kier alpha value is -1.61. The van der Waals surface area contributed by atoms with Crippen molar-refractivity contribution in [2.45, 2.75) is 12.5 Å². The standard InChI is InChI=1S/C12H14N2O/c1-12(15,10-6-4-3-5-7-10)11-8-13-14(2)9-11/h3-9,15H,1-2H3. The first-order valence-electron chi connectivity index (χ1n) is 4.88. The Morgan fingerprint density at radius 1 is 1.20 bits per heavy atom. The van der Waals surface area contributed by atoms with Gasteiger partial charge in [-0.05, 0) is 12.5 Å². The molecule has 1 N–H and O–H groups in total. The summed E-state index contributed by atoms with van der Waals surface area (Å²) in [6.45, 7) is 1.78. The summed E-state index contributed by atoms with van der Waals surface area (Å²) in [6.07, 6.45) is 3.51. The molecule has 78 valence electrons. The van der Waals surface area contributed by atoms with Crippen LogP contribution in [0.4, 0.5) is 0 Å². The molecule has 2 rings (SSSR count). The van der Waals surface area contributed by atoms with Gasteiger partial charge >= 0.3 is 0 Å². The van der Waals surface area contributed by atoms with Gasteiger partial charge in [-0.15, -0.1) is 0 Å². The van der Waals surface area contributed by atoms with Gasteiger partial charge in [-0.2, -0.15) is 5.10 Å². The SMILES string of the molecule is Cn1cc(C(C)(O)c2ccccc2)cn1. The number of aryl methyl sites for hydroxylation is 1. The number of nitrogens with zero attached hydrogens (tertiary/aromatic N) is 2. The van der Waals surface area contributed by atoms with E-state index < -0.39 is 5.60 Å². The fourth-order valence-corrected chi connectivity index (χ4v) is 1.60. The van der Waals surface area contributed by atoms with Gasteiger partial charge in [-0.1, -0.05) is 30.3 Å². The van der Waals surface area contributed by atoms with Crippen molar-refractivity contribution in [1.82, 2.24) is 9.78 Å². The first-order valence-corrected chi connectivity index (χ1v) is 4.88. The lowest BCUT2D eigenvalue weighted by molar-refractivity contribution is 0.102. The normalized spacial score (nSPS) is 14.9. The minimum atomic E-state index is -0.977. The third-order valence-corrected chi connectivity index (χ3v) is 2.60. The van der Waals surface area contributed by atoms with Crippen LogP contribution in [0, 0.1) is 0 Å². The molecule has 0 bridgehead atoms. The van der Waals surface area contributed by atoms with E-state index in [-0.39, 0.29) is 0 Å². The summed E-state index contributed by atoms with van der Waals surface area (Å²) in [6, 6.07) is 9.59. The van der Waals surface area contributed by atoms with Gasteiger partial charge in [0.05, 0.1) is 6.20 Å². The molecule has 1 heterocycles. The minimum absolute atomic E-state index is 0.802. The van der Waals surface area contributed by atoms with Crippen LogP contribution >= 0.6 is 0 Å². The molecule has 0 spiro atoms. The molecule has 0 saturated carbocycles. The predicted molar refractivity (Wildman–Crippen MR) is 58.3 cm³/mol. The molecule has 3 heteroatoms. The fourth-order valence-electron chi connectivity index (χ4n) is 1.60. The van der Waals surface area contributed by atoms with Crippen molar-refractivity contribution < 1.29 is 5.11 Å². The Labute approximate surface area is 89.0 Å². The summed E-state index contributed by atoms with van der Waals surface area (Å²) in [5.41, 5.74) is 0.699. The highest BCUT2D eigenvalue weighted by atomic mass is 16.3. The Morgan fingerprint density at radius 2 is 1.87 bits per heavy atom. The average molecular weight is 202 g/mol. The molecule has 2 aromatic rings. The molecule has 0 radical (unpaired) electrons. The first-order chi connectivity index (χ1) is 7.10. The predicted octanol–water partition coefficient (Wildman–Crippen LogP) is 1.68. The maximum Gasteiger partial charge on any atom is 0.115 e. The van der Waals surface area contributed by atoms with Crippen LogP contribution in [0.5, 0.6) is 0 Å². The molecule has 0 amide bonds. The van der Waals surface area contributed by atoms with Gasteiger partial charge < -0.3 is 5.11 Å². The number of hydrogen-bond donors (Lipinski definition) is 1. The van der Waals surface area contributed by atoms with Gasteiger partial charge in [-0.25, -0.2) is 0 Å². The average Bonchev–Trinajstić information content (AvgIpc) is 2.67. The van der Waals surface area contributed by atoms with Crippen molar-refractivity contribution in [3.05, 3.63) is 53.9 Å². The fraction of sp³-hybridized carbons (Fsp3) is 0.250. The molecule has 0 aliphatic carbocycles. The minimum Gasteiger partial charge on any atom is -0.381 e. The smallest absolute Gasteiger partial charge is 0.115 e. The zero-order chi connectivity index (χ0) is 10.9. The van der Waals surface area contributed by atoms with E-state index in [2.05, 4.69) is 5.10 Å². The molecule has 0 saturated heterocycles. The topological polar surface area (TPSA) is 38.0 Å². The molecule has 1 aromatic heterocycles. The van der Waals surface area contributed by atoms with Crippen LogP contribution < -0.4 is 0 Å². The third-order valence-electron chi connectivity index (χ3n) is 2.60. The highest BCUT2D eigenvalue weighted by Crippen LogP contribution is 2.27. The Kier molecular flexibility index (Phi) is 2.32. The van der Waals surface area contributed by atoms with Crippen molar-refractivity contribution >= 4 is 0 Å². The summed E-state index contributed by atoms with van der Waals surface area (Å²) >= 11 is 0. The van der Waals surface area contributed by atoms with Crippen molar-refractivity contribution in [2.75, 3.05) is 0 Å². The molecule has 3 nitrogen and oxygen atoms in total. The number of rotatable bonds is 2. The largest absolute Gasteiger partial charge is 0.381 e. The highest BCUT2D eigenvalue weighted by molar-refractivity contribution is 5.32. The molecule has 0 aliphatic heterocycles. The molecule has 15 heavy (non-hydrogen) atoms. The lowest BCUT2D eigenvalue weighted by atomic mass is 9.91. The van der Waals surface area contributed by atoms with E-state index in [1.807, 2.05) is 43.6 Å². The van der Waals surface area contributed by atoms with Crippen molar-refractivity contribution in [2.24, 2.45) is 7.05 Å². The lowest BCUT2D eigenvalue weighted by Gasteiger charge is -2.22. The molecule has 0 aliphatic rings. The molecule has 0 fully saturated rings. The Balaban J connectivity index is 2.43. The van der Waals surface area contributed by atoms with E-state index in [1.165, 1.54) is 0 Å².